The van der Waals surface area contributed by atoms with E-state index in [4.69, 9.17) is 14.2 Å². The number of rotatable bonds is 8. The number of hydrazone groups is 1. The molecule has 0 spiro atoms. The number of benzene rings is 2. The van der Waals surface area contributed by atoms with E-state index in [1.165, 1.54) is 46.6 Å². The van der Waals surface area contributed by atoms with E-state index in [1.54, 1.807) is 12.1 Å². The van der Waals surface area contributed by atoms with Gasteiger partial charge in [-0.2, -0.15) is 13.5 Å². The van der Waals surface area contributed by atoms with Crippen LogP contribution in [0.3, 0.4) is 0 Å². The molecule has 0 saturated heterocycles. The number of nitrogens with zero attached hydrogens (tertiary/aromatic N) is 2. The zero-order chi connectivity index (χ0) is 20.9. The highest BCUT2D eigenvalue weighted by atomic mass is 32.2. The van der Waals surface area contributed by atoms with Gasteiger partial charge < -0.3 is 14.2 Å². The summed E-state index contributed by atoms with van der Waals surface area (Å²) >= 11 is 0. The van der Waals surface area contributed by atoms with Gasteiger partial charge in [-0.05, 0) is 19.1 Å². The SMILES string of the molecule is COc1cc(OC)c(OC)cc1C=NNS(=O)(=O)c1ccc(C)c([N+](=O)[O-])c1. The van der Waals surface area contributed by atoms with Crippen molar-refractivity contribution in [3.63, 3.8) is 0 Å². The van der Waals surface area contributed by atoms with Crippen LogP contribution in [0, 0.1) is 17.0 Å². The first kappa shape index (κ1) is 21.0. The molecule has 0 aromatic heterocycles. The summed E-state index contributed by atoms with van der Waals surface area (Å²) in [5, 5.41) is 14.7. The maximum absolute atomic E-state index is 12.4. The average Bonchev–Trinajstić information content (AvgIpc) is 2.67. The zero-order valence-corrected chi connectivity index (χ0v) is 16.4. The summed E-state index contributed by atoms with van der Waals surface area (Å²) < 4.78 is 40.3. The van der Waals surface area contributed by atoms with Crippen LogP contribution >= 0.6 is 0 Å². The van der Waals surface area contributed by atoms with Gasteiger partial charge in [0.25, 0.3) is 15.7 Å². The van der Waals surface area contributed by atoms with Crippen molar-refractivity contribution in [1.29, 1.82) is 0 Å². The van der Waals surface area contributed by atoms with Crippen LogP contribution in [0.1, 0.15) is 11.1 Å². The van der Waals surface area contributed by atoms with Gasteiger partial charge in [-0.15, -0.1) is 0 Å². The fourth-order valence-corrected chi connectivity index (χ4v) is 3.14. The molecule has 150 valence electrons. The quantitative estimate of drug-likeness (QED) is 0.402. The van der Waals surface area contributed by atoms with Gasteiger partial charge in [0.2, 0.25) is 0 Å². The van der Waals surface area contributed by atoms with Crippen LogP contribution in [-0.4, -0.2) is 40.9 Å². The normalized spacial score (nSPS) is 11.3. The van der Waals surface area contributed by atoms with Gasteiger partial charge in [0.1, 0.15) is 5.75 Å². The molecule has 2 rings (SSSR count). The molecule has 1 N–H and O–H groups in total. The third kappa shape index (κ3) is 4.49. The number of ether oxygens (including phenoxy) is 3. The van der Waals surface area contributed by atoms with Gasteiger partial charge in [-0.1, -0.05) is 6.07 Å². The van der Waals surface area contributed by atoms with Crippen LogP contribution in [0.2, 0.25) is 0 Å². The molecule has 0 saturated carbocycles. The minimum Gasteiger partial charge on any atom is -0.496 e. The molecular weight excluding hydrogens is 390 g/mol. The summed E-state index contributed by atoms with van der Waals surface area (Å²) in [4.78, 5) is 12.1. The molecular formula is C17H19N3O7S. The van der Waals surface area contributed by atoms with Gasteiger partial charge in [-0.25, -0.2) is 4.83 Å². The topological polar surface area (TPSA) is 129 Å². The van der Waals surface area contributed by atoms with Gasteiger partial charge >= 0.3 is 0 Å². The highest BCUT2D eigenvalue weighted by Gasteiger charge is 2.19. The van der Waals surface area contributed by atoms with Crippen molar-refractivity contribution in [3.05, 3.63) is 51.6 Å². The monoisotopic (exact) mass is 409 g/mol. The van der Waals surface area contributed by atoms with Crippen molar-refractivity contribution in [3.8, 4) is 17.2 Å². The molecule has 0 amide bonds. The van der Waals surface area contributed by atoms with E-state index in [0.717, 1.165) is 6.07 Å². The van der Waals surface area contributed by atoms with Crippen molar-refractivity contribution in [2.45, 2.75) is 11.8 Å². The van der Waals surface area contributed by atoms with Gasteiger partial charge in [0.05, 0.1) is 37.4 Å². The second kappa shape index (κ2) is 8.57. The van der Waals surface area contributed by atoms with E-state index >= 15 is 0 Å². The second-order valence-electron chi connectivity index (χ2n) is 5.51. The van der Waals surface area contributed by atoms with Crippen LogP contribution in [0.5, 0.6) is 17.2 Å². The molecule has 0 bridgehead atoms. The van der Waals surface area contributed by atoms with Crippen LogP contribution in [0.15, 0.2) is 40.3 Å². The van der Waals surface area contributed by atoms with Gasteiger partial charge in [-0.3, -0.25) is 10.1 Å². The number of hydrogen-bond donors (Lipinski definition) is 1. The maximum Gasteiger partial charge on any atom is 0.276 e. The van der Waals surface area contributed by atoms with Crippen molar-refractivity contribution in [1.82, 2.24) is 4.83 Å². The fraction of sp³-hybridized carbons (Fsp3) is 0.235. The minimum absolute atomic E-state index is 0.277. The molecule has 11 heteroatoms. The molecule has 0 atom stereocenters. The first-order valence-corrected chi connectivity index (χ1v) is 9.31. The molecule has 0 aliphatic rings. The number of aryl methyl sites for hydroxylation is 1. The van der Waals surface area contributed by atoms with Crippen molar-refractivity contribution in [2.24, 2.45) is 5.10 Å². The third-order valence-electron chi connectivity index (χ3n) is 3.80. The minimum atomic E-state index is -4.10. The Labute approximate surface area is 161 Å². The molecule has 2 aromatic rings. The Balaban J connectivity index is 2.31. The van der Waals surface area contributed by atoms with Crippen molar-refractivity contribution in [2.75, 3.05) is 21.3 Å². The molecule has 0 radical (unpaired) electrons. The first-order chi connectivity index (χ1) is 13.2. The Bertz CT molecular complexity index is 1020. The summed E-state index contributed by atoms with van der Waals surface area (Å²) in [7, 11) is 0.267. The molecule has 0 aliphatic heterocycles. The second-order valence-corrected chi connectivity index (χ2v) is 7.17. The Morgan fingerprint density at radius 2 is 1.64 bits per heavy atom. The summed E-state index contributed by atoms with van der Waals surface area (Å²) in [5.74, 6) is 1.22. The summed E-state index contributed by atoms with van der Waals surface area (Å²) in [6.45, 7) is 1.52. The van der Waals surface area contributed by atoms with Crippen LogP contribution in [-0.2, 0) is 10.0 Å². The Morgan fingerprint density at radius 1 is 1.04 bits per heavy atom. The van der Waals surface area contributed by atoms with Gasteiger partial charge in [0.15, 0.2) is 11.5 Å². The standard InChI is InChI=1S/C17H19N3O7S/c1-11-5-6-13(8-14(11)20(21)22)28(23,24)19-18-10-12-7-16(26-3)17(27-4)9-15(12)25-2/h5-10,19H,1-4H3. The lowest BCUT2D eigenvalue weighted by Gasteiger charge is -2.11. The fourth-order valence-electron chi connectivity index (χ4n) is 2.32. The third-order valence-corrected chi connectivity index (χ3v) is 5.02. The highest BCUT2D eigenvalue weighted by Crippen LogP contribution is 2.33. The molecule has 0 aliphatic carbocycles. The number of sulfonamides is 1. The lowest BCUT2D eigenvalue weighted by molar-refractivity contribution is -0.385. The van der Waals surface area contributed by atoms with E-state index in [0.29, 0.717) is 28.4 Å². The number of nitrogens with one attached hydrogen (secondary N) is 1. The van der Waals surface area contributed by atoms with E-state index in [1.807, 2.05) is 4.83 Å². The molecule has 0 fully saturated rings. The van der Waals surface area contributed by atoms with E-state index in [-0.39, 0.29) is 10.6 Å². The van der Waals surface area contributed by atoms with Crippen LogP contribution in [0.25, 0.3) is 0 Å². The van der Waals surface area contributed by atoms with Crippen LogP contribution < -0.4 is 19.0 Å². The molecule has 0 unspecified atom stereocenters. The van der Waals surface area contributed by atoms with Gasteiger partial charge in [0, 0.05) is 23.3 Å². The smallest absolute Gasteiger partial charge is 0.276 e. The number of hydrogen-bond acceptors (Lipinski definition) is 8. The van der Waals surface area contributed by atoms with Crippen LogP contribution in [0.4, 0.5) is 5.69 Å². The predicted molar refractivity (Wildman–Crippen MR) is 102 cm³/mol. The first-order valence-electron chi connectivity index (χ1n) is 7.83. The largest absolute Gasteiger partial charge is 0.496 e. The Kier molecular flexibility index (Phi) is 6.41. The summed E-state index contributed by atoms with van der Waals surface area (Å²) in [6.07, 6.45) is 1.22. The lowest BCUT2D eigenvalue weighted by atomic mass is 10.2. The molecule has 2 aromatic carbocycles. The average molecular weight is 409 g/mol. The van der Waals surface area contributed by atoms with Crippen molar-refractivity contribution >= 4 is 21.9 Å². The zero-order valence-electron chi connectivity index (χ0n) is 15.6. The highest BCUT2D eigenvalue weighted by molar-refractivity contribution is 7.89. The number of methoxy groups -OCH3 is 3. The van der Waals surface area contributed by atoms with Crippen molar-refractivity contribution < 1.29 is 27.6 Å². The Hall–Kier alpha value is -3.34. The number of nitro benzene ring substituents is 1. The van der Waals surface area contributed by atoms with E-state index in [2.05, 4.69) is 5.10 Å². The summed E-state index contributed by atoms with van der Waals surface area (Å²) in [5.41, 5.74) is 0.480. The number of nitro groups is 1. The predicted octanol–water partition coefficient (Wildman–Crippen LogP) is 2.24. The Morgan fingerprint density at radius 3 is 2.21 bits per heavy atom. The maximum atomic E-state index is 12.4. The molecule has 10 nitrogen and oxygen atoms in total. The van der Waals surface area contributed by atoms with E-state index < -0.39 is 14.9 Å². The molecule has 0 heterocycles. The molecule has 28 heavy (non-hydrogen) atoms. The lowest BCUT2D eigenvalue weighted by Crippen LogP contribution is -2.18. The summed E-state index contributed by atoms with van der Waals surface area (Å²) in [6, 6.07) is 6.72. The van der Waals surface area contributed by atoms with E-state index in [9.17, 15) is 18.5 Å².